The smallest absolute Gasteiger partial charge is 0.226 e. The van der Waals surface area contributed by atoms with Gasteiger partial charge in [-0.05, 0) is 13.8 Å². The predicted molar refractivity (Wildman–Crippen MR) is 66.3 cm³/mol. The van der Waals surface area contributed by atoms with Crippen LogP contribution in [0.15, 0.2) is 5.38 Å². The summed E-state index contributed by atoms with van der Waals surface area (Å²) < 4.78 is 0. The molecule has 0 aromatic carbocycles. The van der Waals surface area contributed by atoms with Crippen molar-refractivity contribution in [1.82, 2.24) is 10.3 Å². The van der Waals surface area contributed by atoms with Gasteiger partial charge in [0.2, 0.25) is 11.8 Å². The molecule has 2 amide bonds. The van der Waals surface area contributed by atoms with E-state index in [9.17, 15) is 9.59 Å². The van der Waals surface area contributed by atoms with E-state index in [1.807, 2.05) is 0 Å². The Labute approximate surface area is 103 Å². The fourth-order valence-electron chi connectivity index (χ4n) is 1.47. The van der Waals surface area contributed by atoms with Crippen LogP contribution in [0.25, 0.3) is 0 Å². The number of thiazole rings is 1. The van der Waals surface area contributed by atoms with E-state index < -0.39 is 11.4 Å². The zero-order valence-corrected chi connectivity index (χ0v) is 10.6. The SMILES string of the molecule is CC(C)(CC(N)=O)NC(=O)Cc1csc(N)n1. The summed E-state index contributed by atoms with van der Waals surface area (Å²) in [4.78, 5) is 26.5. The zero-order valence-electron chi connectivity index (χ0n) is 9.82. The second-order valence-corrected chi connectivity index (χ2v) is 5.32. The highest BCUT2D eigenvalue weighted by atomic mass is 32.1. The molecular formula is C10H16N4O2S. The van der Waals surface area contributed by atoms with Crippen molar-refractivity contribution in [2.24, 2.45) is 5.73 Å². The van der Waals surface area contributed by atoms with Crippen molar-refractivity contribution in [3.63, 3.8) is 0 Å². The highest BCUT2D eigenvalue weighted by Crippen LogP contribution is 2.12. The highest BCUT2D eigenvalue weighted by molar-refractivity contribution is 7.13. The number of carbonyl (C=O) groups excluding carboxylic acids is 2. The Morgan fingerprint density at radius 1 is 1.53 bits per heavy atom. The fraction of sp³-hybridized carbons (Fsp3) is 0.500. The average Bonchev–Trinajstić information content (AvgIpc) is 2.46. The maximum Gasteiger partial charge on any atom is 0.226 e. The third-order valence-corrected chi connectivity index (χ3v) is 2.73. The summed E-state index contributed by atoms with van der Waals surface area (Å²) in [6.45, 7) is 3.48. The van der Waals surface area contributed by atoms with Crippen molar-refractivity contribution in [3.05, 3.63) is 11.1 Å². The van der Waals surface area contributed by atoms with Gasteiger partial charge in [0.15, 0.2) is 5.13 Å². The van der Waals surface area contributed by atoms with Crippen LogP contribution in [0, 0.1) is 0 Å². The fourth-order valence-corrected chi connectivity index (χ4v) is 2.03. The summed E-state index contributed by atoms with van der Waals surface area (Å²) in [6.07, 6.45) is 0.244. The number of nitrogens with one attached hydrogen (secondary N) is 1. The number of nitrogens with two attached hydrogens (primary N) is 2. The standard InChI is InChI=1S/C10H16N4O2S/c1-10(2,4-7(11)15)14-8(16)3-6-5-17-9(12)13-6/h5H,3-4H2,1-2H3,(H2,11,15)(H2,12,13)(H,14,16). The van der Waals surface area contributed by atoms with Crippen LogP contribution < -0.4 is 16.8 Å². The Balaban J connectivity index is 2.52. The van der Waals surface area contributed by atoms with E-state index in [4.69, 9.17) is 11.5 Å². The minimum atomic E-state index is -0.648. The number of nitrogens with zero attached hydrogens (tertiary/aromatic N) is 1. The average molecular weight is 256 g/mol. The molecule has 1 aromatic rings. The summed E-state index contributed by atoms with van der Waals surface area (Å²) in [5, 5.41) is 4.90. The molecule has 0 unspecified atom stereocenters. The van der Waals surface area contributed by atoms with Crippen molar-refractivity contribution in [2.75, 3.05) is 5.73 Å². The lowest BCUT2D eigenvalue weighted by molar-refractivity contribution is -0.123. The molecule has 94 valence electrons. The second-order valence-electron chi connectivity index (χ2n) is 4.43. The molecule has 0 fully saturated rings. The lowest BCUT2D eigenvalue weighted by Gasteiger charge is -2.24. The number of rotatable bonds is 5. The van der Waals surface area contributed by atoms with E-state index in [0.29, 0.717) is 10.8 Å². The van der Waals surface area contributed by atoms with Crippen LogP contribution in [-0.4, -0.2) is 22.3 Å². The largest absolute Gasteiger partial charge is 0.375 e. The van der Waals surface area contributed by atoms with Crippen LogP contribution in [-0.2, 0) is 16.0 Å². The minimum Gasteiger partial charge on any atom is -0.375 e. The molecule has 17 heavy (non-hydrogen) atoms. The van der Waals surface area contributed by atoms with Crippen LogP contribution in [0.1, 0.15) is 26.0 Å². The van der Waals surface area contributed by atoms with Crippen molar-refractivity contribution >= 4 is 28.3 Å². The van der Waals surface area contributed by atoms with Gasteiger partial charge in [-0.3, -0.25) is 9.59 Å². The minimum absolute atomic E-state index is 0.0952. The normalized spacial score (nSPS) is 11.2. The number of hydrogen-bond acceptors (Lipinski definition) is 5. The zero-order chi connectivity index (χ0) is 13.1. The number of amides is 2. The van der Waals surface area contributed by atoms with E-state index in [2.05, 4.69) is 10.3 Å². The highest BCUT2D eigenvalue weighted by Gasteiger charge is 2.23. The number of hydrogen-bond donors (Lipinski definition) is 3. The molecule has 0 aliphatic rings. The van der Waals surface area contributed by atoms with Gasteiger partial charge in [-0.2, -0.15) is 0 Å². The Bertz CT molecular complexity index is 428. The molecule has 1 heterocycles. The molecule has 0 spiro atoms. The van der Waals surface area contributed by atoms with E-state index in [-0.39, 0.29) is 18.7 Å². The Kier molecular flexibility index (Phi) is 4.06. The van der Waals surface area contributed by atoms with Gasteiger partial charge >= 0.3 is 0 Å². The van der Waals surface area contributed by atoms with Gasteiger partial charge in [-0.25, -0.2) is 4.98 Å². The Hall–Kier alpha value is -1.63. The third kappa shape index (κ3) is 4.81. The number of primary amides is 1. The van der Waals surface area contributed by atoms with Crippen LogP contribution in [0.5, 0.6) is 0 Å². The van der Waals surface area contributed by atoms with Gasteiger partial charge in [0, 0.05) is 17.3 Å². The molecule has 0 aliphatic carbocycles. The molecule has 5 N–H and O–H groups in total. The Morgan fingerprint density at radius 3 is 2.65 bits per heavy atom. The van der Waals surface area contributed by atoms with Gasteiger partial charge in [-0.1, -0.05) is 0 Å². The molecule has 0 atom stereocenters. The van der Waals surface area contributed by atoms with Crippen LogP contribution in [0.4, 0.5) is 5.13 Å². The van der Waals surface area contributed by atoms with Crippen LogP contribution in [0.3, 0.4) is 0 Å². The van der Waals surface area contributed by atoms with Crippen LogP contribution in [0.2, 0.25) is 0 Å². The molecule has 0 bridgehead atoms. The maximum absolute atomic E-state index is 11.7. The molecule has 0 saturated heterocycles. The van der Waals surface area contributed by atoms with E-state index in [0.717, 1.165) is 0 Å². The van der Waals surface area contributed by atoms with E-state index >= 15 is 0 Å². The number of nitrogen functional groups attached to an aromatic ring is 1. The van der Waals surface area contributed by atoms with Crippen LogP contribution >= 0.6 is 11.3 Å². The first-order valence-corrected chi connectivity index (χ1v) is 5.96. The number of aromatic nitrogens is 1. The lowest BCUT2D eigenvalue weighted by Crippen LogP contribution is -2.46. The van der Waals surface area contributed by atoms with E-state index in [1.54, 1.807) is 19.2 Å². The molecule has 1 rings (SSSR count). The summed E-state index contributed by atoms with van der Waals surface area (Å²) in [6, 6.07) is 0. The quantitative estimate of drug-likeness (QED) is 0.690. The van der Waals surface area contributed by atoms with Gasteiger partial charge in [0.25, 0.3) is 0 Å². The molecular weight excluding hydrogens is 240 g/mol. The van der Waals surface area contributed by atoms with E-state index in [1.165, 1.54) is 11.3 Å². The van der Waals surface area contributed by atoms with Crippen molar-refractivity contribution in [3.8, 4) is 0 Å². The number of anilines is 1. The lowest BCUT2D eigenvalue weighted by atomic mass is 10.00. The first kappa shape index (κ1) is 13.4. The first-order valence-electron chi connectivity index (χ1n) is 5.08. The van der Waals surface area contributed by atoms with Gasteiger partial charge in [0.1, 0.15) is 0 Å². The summed E-state index contributed by atoms with van der Waals surface area (Å²) in [7, 11) is 0. The van der Waals surface area contributed by atoms with Gasteiger partial charge in [-0.15, -0.1) is 11.3 Å². The molecule has 1 aromatic heterocycles. The number of carbonyl (C=O) groups is 2. The van der Waals surface area contributed by atoms with Gasteiger partial charge in [0.05, 0.1) is 12.1 Å². The Morgan fingerprint density at radius 2 is 2.18 bits per heavy atom. The predicted octanol–water partition coefficient (Wildman–Crippen LogP) is 0.0380. The van der Waals surface area contributed by atoms with Crippen molar-refractivity contribution in [1.29, 1.82) is 0 Å². The van der Waals surface area contributed by atoms with Crippen molar-refractivity contribution < 1.29 is 9.59 Å². The third-order valence-electron chi connectivity index (χ3n) is 2.01. The van der Waals surface area contributed by atoms with Gasteiger partial charge < -0.3 is 16.8 Å². The topological polar surface area (TPSA) is 111 Å². The monoisotopic (exact) mass is 256 g/mol. The molecule has 7 heteroatoms. The molecule has 0 saturated carbocycles. The second kappa shape index (κ2) is 5.13. The first-order chi connectivity index (χ1) is 7.78. The summed E-state index contributed by atoms with van der Waals surface area (Å²) in [5.74, 6) is -0.658. The molecule has 0 aliphatic heterocycles. The molecule has 6 nitrogen and oxygen atoms in total. The van der Waals surface area contributed by atoms with Crippen molar-refractivity contribution in [2.45, 2.75) is 32.2 Å². The maximum atomic E-state index is 11.7. The molecule has 0 radical (unpaired) electrons. The summed E-state index contributed by atoms with van der Waals surface area (Å²) in [5.41, 5.74) is 10.5. The summed E-state index contributed by atoms with van der Waals surface area (Å²) >= 11 is 1.29.